The van der Waals surface area contributed by atoms with Gasteiger partial charge in [0.05, 0.1) is 17.3 Å². The third-order valence-corrected chi connectivity index (χ3v) is 4.31. The predicted octanol–water partition coefficient (Wildman–Crippen LogP) is 2.08. The highest BCUT2D eigenvalue weighted by atomic mass is 32.2. The number of ether oxygens (including phenoxy) is 1. The third-order valence-electron chi connectivity index (χ3n) is 2.49. The first-order valence-electron chi connectivity index (χ1n) is 5.98. The first kappa shape index (κ1) is 16.8. The van der Waals surface area contributed by atoms with Gasteiger partial charge < -0.3 is 17.7 Å². The lowest BCUT2D eigenvalue weighted by Gasteiger charge is -2.19. The van der Waals surface area contributed by atoms with Gasteiger partial charge in [0, 0.05) is 0 Å². The van der Waals surface area contributed by atoms with E-state index in [1.165, 1.54) is 0 Å². The molecule has 0 saturated carbocycles. The van der Waals surface area contributed by atoms with Gasteiger partial charge >= 0.3 is 6.98 Å². The molecule has 0 aliphatic heterocycles. The van der Waals surface area contributed by atoms with Crippen LogP contribution in [0.3, 0.4) is 0 Å². The molecule has 9 heteroatoms. The number of benzene rings is 1. The van der Waals surface area contributed by atoms with Crippen molar-refractivity contribution in [1.29, 1.82) is 0 Å². The monoisotopic (exact) mass is 313 g/mol. The van der Waals surface area contributed by atoms with Crippen molar-refractivity contribution in [2.24, 2.45) is 0 Å². The van der Waals surface area contributed by atoms with Crippen LogP contribution in [0.1, 0.15) is 13.3 Å². The fraction of sp³-hybridized carbons (Fsp3) is 0.455. The Morgan fingerprint density at radius 3 is 2.40 bits per heavy atom. The highest BCUT2D eigenvalue weighted by molar-refractivity contribution is 7.91. The molecule has 0 saturated heterocycles. The second kappa shape index (κ2) is 6.47. The summed E-state index contributed by atoms with van der Waals surface area (Å²) in [5.74, 6) is -1.99. The van der Waals surface area contributed by atoms with Crippen LogP contribution < -0.4 is 10.2 Å². The molecule has 0 radical (unpaired) electrons. The summed E-state index contributed by atoms with van der Waals surface area (Å²) in [5.41, 5.74) is -1.20. The van der Waals surface area contributed by atoms with Crippen molar-refractivity contribution in [2.75, 3.05) is 18.1 Å². The van der Waals surface area contributed by atoms with E-state index in [1.54, 1.807) is 6.92 Å². The largest absolute Gasteiger partial charge is 0.513 e. The smallest absolute Gasteiger partial charge is 0.496 e. The average molecular weight is 313 g/mol. The van der Waals surface area contributed by atoms with Gasteiger partial charge in [0.1, 0.15) is 12.4 Å². The van der Waals surface area contributed by atoms with Gasteiger partial charge in [0.25, 0.3) is 0 Å². The van der Waals surface area contributed by atoms with Gasteiger partial charge in [-0.3, -0.25) is 0 Å². The van der Waals surface area contributed by atoms with E-state index < -0.39 is 40.5 Å². The lowest BCUT2D eigenvalue weighted by Crippen LogP contribution is -2.36. The van der Waals surface area contributed by atoms with Crippen LogP contribution in [0.25, 0.3) is 0 Å². The summed E-state index contributed by atoms with van der Waals surface area (Å²) in [4.78, 5) is 0. The minimum atomic E-state index is -5.43. The van der Waals surface area contributed by atoms with E-state index in [0.29, 0.717) is 12.5 Å². The molecule has 0 bridgehead atoms. The van der Waals surface area contributed by atoms with Crippen molar-refractivity contribution in [3.05, 3.63) is 24.0 Å². The van der Waals surface area contributed by atoms with Crippen molar-refractivity contribution in [3.8, 4) is 5.75 Å². The van der Waals surface area contributed by atoms with Crippen LogP contribution in [0.15, 0.2) is 18.2 Å². The Labute approximate surface area is 114 Å². The van der Waals surface area contributed by atoms with Crippen LogP contribution in [0.4, 0.5) is 17.3 Å². The minimum Gasteiger partial charge on any atom is -0.496 e. The van der Waals surface area contributed by atoms with Crippen LogP contribution in [0.5, 0.6) is 5.75 Å². The highest BCUT2D eigenvalue weighted by Crippen LogP contribution is 2.18. The molecule has 0 aliphatic carbocycles. The molecule has 20 heavy (non-hydrogen) atoms. The Balaban J connectivity index is 2.79. The zero-order valence-electron chi connectivity index (χ0n) is 10.8. The van der Waals surface area contributed by atoms with E-state index >= 15 is 0 Å². The Hall–Kier alpha value is -1.25. The summed E-state index contributed by atoms with van der Waals surface area (Å²) < 4.78 is 78.6. The summed E-state index contributed by atoms with van der Waals surface area (Å²) in [6, 6.07) is 2.03. The SMILES string of the molecule is CCCS(=O)(=O)CCOc1ccc(F)cc1[B-](F)(F)F. The molecule has 3 nitrogen and oxygen atoms in total. The first-order chi connectivity index (χ1) is 9.15. The lowest BCUT2D eigenvalue weighted by atomic mass is 9.79. The lowest BCUT2D eigenvalue weighted by molar-refractivity contribution is 0.340. The van der Waals surface area contributed by atoms with Gasteiger partial charge in [-0.1, -0.05) is 12.4 Å². The summed E-state index contributed by atoms with van der Waals surface area (Å²) in [7, 11) is -3.33. The van der Waals surface area contributed by atoms with E-state index in [1.807, 2.05) is 0 Å². The second-order valence-electron chi connectivity index (χ2n) is 4.26. The molecule has 0 atom stereocenters. The molecule has 0 amide bonds. The molecule has 1 aromatic rings. The summed E-state index contributed by atoms with van der Waals surface area (Å²) in [6.45, 7) is -4.14. The predicted molar refractivity (Wildman–Crippen MR) is 69.6 cm³/mol. The number of hydrogen-bond donors (Lipinski definition) is 0. The summed E-state index contributed by atoms with van der Waals surface area (Å²) in [5, 5.41) is 0. The van der Waals surface area contributed by atoms with E-state index in [-0.39, 0.29) is 11.5 Å². The fourth-order valence-electron chi connectivity index (χ4n) is 1.60. The van der Waals surface area contributed by atoms with Gasteiger partial charge in [-0.15, -0.1) is 0 Å². The molecule has 114 valence electrons. The zero-order chi connectivity index (χ0) is 15.4. The number of halogens is 4. The number of sulfone groups is 1. The summed E-state index contributed by atoms with van der Waals surface area (Å²) >= 11 is 0. The molecule has 0 heterocycles. The van der Waals surface area contributed by atoms with Gasteiger partial charge in [-0.05, 0) is 24.6 Å². The highest BCUT2D eigenvalue weighted by Gasteiger charge is 2.30. The Morgan fingerprint density at radius 1 is 1.20 bits per heavy atom. The fourth-order valence-corrected chi connectivity index (χ4v) is 2.76. The van der Waals surface area contributed by atoms with Crippen LogP contribution in [-0.2, 0) is 9.84 Å². The van der Waals surface area contributed by atoms with Crippen LogP contribution in [-0.4, -0.2) is 33.5 Å². The molecule has 0 aromatic heterocycles. The topological polar surface area (TPSA) is 43.4 Å². The molecular formula is C11H14BF4O3S-. The normalized spacial score (nSPS) is 12.4. The van der Waals surface area contributed by atoms with Crippen LogP contribution in [0, 0.1) is 5.82 Å². The van der Waals surface area contributed by atoms with Crippen molar-refractivity contribution >= 4 is 22.3 Å². The third kappa shape index (κ3) is 5.03. The zero-order valence-corrected chi connectivity index (χ0v) is 11.6. The van der Waals surface area contributed by atoms with E-state index in [0.717, 1.165) is 12.1 Å². The van der Waals surface area contributed by atoms with Gasteiger partial charge in [0.2, 0.25) is 0 Å². The molecule has 0 aliphatic rings. The Kier molecular flexibility index (Phi) is 5.44. The summed E-state index contributed by atoms with van der Waals surface area (Å²) in [6.07, 6.45) is 0.426. The van der Waals surface area contributed by atoms with Gasteiger partial charge in [0.15, 0.2) is 9.84 Å². The van der Waals surface area contributed by atoms with Crippen molar-refractivity contribution in [2.45, 2.75) is 13.3 Å². The van der Waals surface area contributed by atoms with E-state index in [4.69, 9.17) is 4.74 Å². The minimum absolute atomic E-state index is 0.0458. The van der Waals surface area contributed by atoms with Gasteiger partial charge in [-0.25, -0.2) is 12.8 Å². The maximum atomic E-state index is 12.8. The Bertz CT molecular complexity index is 557. The maximum absolute atomic E-state index is 12.8. The average Bonchev–Trinajstić information content (AvgIpc) is 2.29. The van der Waals surface area contributed by atoms with Crippen molar-refractivity contribution in [3.63, 3.8) is 0 Å². The standard InChI is InChI=1S/C11H14BF4O3S/c1-2-6-20(17,18)7-5-19-11-4-3-9(13)8-10(11)12(14,15)16/h3-4,8H,2,5-7H2,1H3/q-1. The molecule has 1 rings (SSSR count). The molecular weight excluding hydrogens is 299 g/mol. The molecule has 0 fully saturated rings. The van der Waals surface area contributed by atoms with E-state index in [2.05, 4.69) is 0 Å². The number of rotatable bonds is 7. The van der Waals surface area contributed by atoms with Crippen LogP contribution >= 0.6 is 0 Å². The molecule has 0 spiro atoms. The molecule has 0 unspecified atom stereocenters. The first-order valence-corrected chi connectivity index (χ1v) is 7.80. The number of hydrogen-bond acceptors (Lipinski definition) is 3. The Morgan fingerprint density at radius 2 is 1.85 bits per heavy atom. The van der Waals surface area contributed by atoms with Crippen molar-refractivity contribution in [1.82, 2.24) is 0 Å². The van der Waals surface area contributed by atoms with Crippen LogP contribution in [0.2, 0.25) is 0 Å². The second-order valence-corrected chi connectivity index (χ2v) is 6.56. The molecule has 1 aromatic carbocycles. The van der Waals surface area contributed by atoms with E-state index in [9.17, 15) is 25.8 Å². The maximum Gasteiger partial charge on any atom is 0.513 e. The van der Waals surface area contributed by atoms with Crippen molar-refractivity contribution < 1.29 is 30.5 Å². The van der Waals surface area contributed by atoms with Gasteiger partial charge in [-0.2, -0.15) is 0 Å². The molecule has 0 N–H and O–H groups in total. The quantitative estimate of drug-likeness (QED) is 0.572.